The number of aryl methyl sites for hydroxylation is 1. The first-order valence-corrected chi connectivity index (χ1v) is 6.28. The molecule has 1 heterocycles. The van der Waals surface area contributed by atoms with Crippen molar-refractivity contribution in [3.63, 3.8) is 0 Å². The van der Waals surface area contributed by atoms with Crippen LogP contribution in [0.5, 0.6) is 0 Å². The Hall–Kier alpha value is -1.15. The second-order valence-corrected chi connectivity index (χ2v) is 4.95. The Morgan fingerprint density at radius 3 is 2.56 bits per heavy atom. The highest BCUT2D eigenvalue weighted by Crippen LogP contribution is 2.28. The number of benzene rings is 1. The molecule has 1 atom stereocenters. The monoisotopic (exact) mass is 275 g/mol. The minimum atomic E-state index is 0.337. The van der Waals surface area contributed by atoms with Crippen molar-refractivity contribution in [1.82, 2.24) is 4.98 Å². The molecule has 2 rings (SSSR count). The number of rotatable bonds is 3. The lowest BCUT2D eigenvalue weighted by Gasteiger charge is -2.12. The Balaban J connectivity index is 2.15. The summed E-state index contributed by atoms with van der Waals surface area (Å²) in [6, 6.07) is 14.5. The average molecular weight is 276 g/mol. The van der Waals surface area contributed by atoms with Gasteiger partial charge in [-0.25, -0.2) is 0 Å². The first-order chi connectivity index (χ1) is 7.77. The summed E-state index contributed by atoms with van der Waals surface area (Å²) in [6.07, 6.45) is 2.76. The van der Waals surface area contributed by atoms with Gasteiger partial charge in [-0.3, -0.25) is 4.98 Å². The molecule has 1 nitrogen and oxygen atoms in total. The van der Waals surface area contributed by atoms with Gasteiger partial charge in [-0.1, -0.05) is 46.3 Å². The molecule has 1 aromatic heterocycles. The van der Waals surface area contributed by atoms with Crippen LogP contribution in [0.25, 0.3) is 0 Å². The predicted molar refractivity (Wildman–Crippen MR) is 70.8 cm³/mol. The van der Waals surface area contributed by atoms with Crippen LogP contribution in [0.3, 0.4) is 0 Å². The third-order valence-electron chi connectivity index (χ3n) is 2.64. The lowest BCUT2D eigenvalue weighted by atomic mass is 10.0. The smallest absolute Gasteiger partial charge is 0.0453 e. The van der Waals surface area contributed by atoms with E-state index in [9.17, 15) is 0 Å². The van der Waals surface area contributed by atoms with Crippen molar-refractivity contribution in [2.75, 3.05) is 0 Å². The van der Waals surface area contributed by atoms with Gasteiger partial charge in [0, 0.05) is 23.1 Å². The molecule has 0 saturated carbocycles. The number of hydrogen-bond donors (Lipinski definition) is 0. The van der Waals surface area contributed by atoms with E-state index in [1.54, 1.807) is 0 Å². The molecule has 2 aromatic rings. The molecule has 1 aromatic carbocycles. The Bertz CT molecular complexity index is 453. The summed E-state index contributed by atoms with van der Waals surface area (Å²) in [5.41, 5.74) is 3.78. The summed E-state index contributed by atoms with van der Waals surface area (Å²) in [7, 11) is 0. The molecule has 2 heteroatoms. The molecular formula is C14H14BrN. The van der Waals surface area contributed by atoms with Gasteiger partial charge in [0.15, 0.2) is 0 Å². The fourth-order valence-corrected chi connectivity index (χ4v) is 2.60. The fourth-order valence-electron chi connectivity index (χ4n) is 1.75. The van der Waals surface area contributed by atoms with Gasteiger partial charge in [-0.05, 0) is 30.2 Å². The minimum Gasteiger partial charge on any atom is -0.261 e. The minimum absolute atomic E-state index is 0.337. The number of nitrogens with zero attached hydrogens (tertiary/aromatic N) is 1. The maximum atomic E-state index is 4.34. The lowest BCUT2D eigenvalue weighted by molar-refractivity contribution is 0.897. The molecule has 1 unspecified atom stereocenters. The van der Waals surface area contributed by atoms with Crippen molar-refractivity contribution in [3.8, 4) is 0 Å². The molecular weight excluding hydrogens is 262 g/mol. The molecule has 0 bridgehead atoms. The highest BCUT2D eigenvalue weighted by Gasteiger charge is 2.10. The topological polar surface area (TPSA) is 12.9 Å². The summed E-state index contributed by atoms with van der Waals surface area (Å²) in [6.45, 7) is 2.14. The van der Waals surface area contributed by atoms with E-state index in [-0.39, 0.29) is 0 Å². The third-order valence-corrected chi connectivity index (χ3v) is 3.46. The number of aromatic nitrogens is 1. The van der Waals surface area contributed by atoms with Crippen LogP contribution >= 0.6 is 15.9 Å². The van der Waals surface area contributed by atoms with Crippen molar-refractivity contribution in [2.24, 2.45) is 0 Å². The largest absolute Gasteiger partial charge is 0.261 e. The molecule has 0 spiro atoms. The van der Waals surface area contributed by atoms with Crippen molar-refractivity contribution in [2.45, 2.75) is 18.2 Å². The molecule has 0 aliphatic carbocycles. The van der Waals surface area contributed by atoms with Gasteiger partial charge >= 0.3 is 0 Å². The average Bonchev–Trinajstić information content (AvgIpc) is 2.31. The van der Waals surface area contributed by atoms with E-state index in [0.29, 0.717) is 4.83 Å². The first-order valence-electron chi connectivity index (χ1n) is 5.37. The first kappa shape index (κ1) is 11.3. The van der Waals surface area contributed by atoms with Crippen molar-refractivity contribution >= 4 is 15.9 Å². The van der Waals surface area contributed by atoms with Crippen molar-refractivity contribution < 1.29 is 0 Å². The normalized spacial score (nSPS) is 12.4. The van der Waals surface area contributed by atoms with E-state index < -0.39 is 0 Å². The highest BCUT2D eigenvalue weighted by atomic mass is 79.9. The van der Waals surface area contributed by atoms with Crippen LogP contribution in [-0.4, -0.2) is 4.98 Å². The van der Waals surface area contributed by atoms with Gasteiger partial charge in [-0.2, -0.15) is 0 Å². The second-order valence-electron chi connectivity index (χ2n) is 3.85. The van der Waals surface area contributed by atoms with Gasteiger partial charge in [-0.15, -0.1) is 0 Å². The Morgan fingerprint density at radius 2 is 1.88 bits per heavy atom. The predicted octanol–water partition coefficient (Wildman–Crippen LogP) is 4.07. The zero-order chi connectivity index (χ0) is 11.4. The van der Waals surface area contributed by atoms with Crippen LogP contribution < -0.4 is 0 Å². The van der Waals surface area contributed by atoms with Gasteiger partial charge in [0.2, 0.25) is 0 Å². The summed E-state index contributed by atoms with van der Waals surface area (Å²) >= 11 is 3.73. The highest BCUT2D eigenvalue weighted by molar-refractivity contribution is 9.09. The van der Waals surface area contributed by atoms with Gasteiger partial charge in [0.25, 0.3) is 0 Å². The molecule has 16 heavy (non-hydrogen) atoms. The van der Waals surface area contributed by atoms with E-state index in [2.05, 4.69) is 58.2 Å². The maximum absolute atomic E-state index is 4.34. The van der Waals surface area contributed by atoms with Crippen LogP contribution in [0.15, 0.2) is 48.7 Å². The van der Waals surface area contributed by atoms with Crippen LogP contribution in [-0.2, 0) is 6.42 Å². The van der Waals surface area contributed by atoms with E-state index in [0.717, 1.165) is 12.1 Å². The number of alkyl halides is 1. The third kappa shape index (κ3) is 2.70. The Kier molecular flexibility index (Phi) is 3.73. The maximum Gasteiger partial charge on any atom is 0.0453 e. The summed E-state index contributed by atoms with van der Waals surface area (Å²) in [5, 5.41) is 0. The van der Waals surface area contributed by atoms with Gasteiger partial charge in [0.1, 0.15) is 0 Å². The van der Waals surface area contributed by atoms with Crippen LogP contribution in [0.1, 0.15) is 21.6 Å². The lowest BCUT2D eigenvalue weighted by Crippen LogP contribution is -1.99. The summed E-state index contributed by atoms with van der Waals surface area (Å²) in [5.74, 6) is 0. The van der Waals surface area contributed by atoms with Crippen molar-refractivity contribution in [3.05, 3.63) is 65.5 Å². The Morgan fingerprint density at radius 1 is 1.12 bits per heavy atom. The van der Waals surface area contributed by atoms with Crippen LogP contribution in [0.2, 0.25) is 0 Å². The number of pyridine rings is 1. The van der Waals surface area contributed by atoms with Crippen molar-refractivity contribution in [1.29, 1.82) is 0 Å². The molecule has 0 aliphatic heterocycles. The quantitative estimate of drug-likeness (QED) is 0.770. The van der Waals surface area contributed by atoms with Gasteiger partial charge in [0.05, 0.1) is 0 Å². The SMILES string of the molecule is Cc1ccccc1C(Br)Cc1ccccn1. The molecule has 0 aliphatic rings. The fraction of sp³-hybridized carbons (Fsp3) is 0.214. The standard InChI is InChI=1S/C14H14BrN/c1-11-6-2-3-8-13(11)14(15)10-12-7-4-5-9-16-12/h2-9,14H,10H2,1H3. The molecule has 0 radical (unpaired) electrons. The Labute approximate surface area is 105 Å². The van der Waals surface area contributed by atoms with Crippen LogP contribution in [0, 0.1) is 6.92 Å². The van der Waals surface area contributed by atoms with E-state index in [1.807, 2.05) is 18.3 Å². The molecule has 0 amide bonds. The van der Waals surface area contributed by atoms with Gasteiger partial charge < -0.3 is 0 Å². The number of hydrogen-bond acceptors (Lipinski definition) is 1. The van der Waals surface area contributed by atoms with E-state index in [1.165, 1.54) is 11.1 Å². The van der Waals surface area contributed by atoms with E-state index in [4.69, 9.17) is 0 Å². The number of halogens is 1. The second kappa shape index (κ2) is 5.26. The molecule has 0 saturated heterocycles. The summed E-state index contributed by atoms with van der Waals surface area (Å²) < 4.78 is 0. The summed E-state index contributed by atoms with van der Waals surface area (Å²) in [4.78, 5) is 4.68. The zero-order valence-corrected chi connectivity index (χ0v) is 10.8. The molecule has 0 fully saturated rings. The molecule has 0 N–H and O–H groups in total. The van der Waals surface area contributed by atoms with Crippen LogP contribution in [0.4, 0.5) is 0 Å². The van der Waals surface area contributed by atoms with E-state index >= 15 is 0 Å². The zero-order valence-electron chi connectivity index (χ0n) is 9.23. The molecule has 82 valence electrons.